The third-order valence-electron chi connectivity index (χ3n) is 6.39. The van der Waals surface area contributed by atoms with Gasteiger partial charge in [-0.2, -0.15) is 0 Å². The Balaban J connectivity index is 1.63. The third kappa shape index (κ3) is 3.47. The normalized spacial score (nSPS) is 38.9. The van der Waals surface area contributed by atoms with Crippen LogP contribution in [0, 0.1) is 23.2 Å². The van der Waals surface area contributed by atoms with Gasteiger partial charge in [-0.1, -0.05) is 20.3 Å². The van der Waals surface area contributed by atoms with Crippen molar-refractivity contribution in [2.75, 3.05) is 19.8 Å². The first-order valence-corrected chi connectivity index (χ1v) is 9.57. The molecule has 122 valence electrons. The van der Waals surface area contributed by atoms with Crippen molar-refractivity contribution in [1.29, 1.82) is 0 Å². The van der Waals surface area contributed by atoms with Crippen LogP contribution >= 0.6 is 0 Å². The van der Waals surface area contributed by atoms with Gasteiger partial charge in [0.05, 0.1) is 6.61 Å². The molecule has 0 radical (unpaired) electrons. The van der Waals surface area contributed by atoms with Crippen molar-refractivity contribution in [3.05, 3.63) is 0 Å². The van der Waals surface area contributed by atoms with E-state index in [1.807, 2.05) is 0 Å². The lowest BCUT2D eigenvalue weighted by molar-refractivity contribution is -0.0887. The van der Waals surface area contributed by atoms with Crippen LogP contribution < -0.4 is 5.32 Å². The summed E-state index contributed by atoms with van der Waals surface area (Å²) in [5.74, 6) is 3.12. The summed E-state index contributed by atoms with van der Waals surface area (Å²) in [6.45, 7) is 7.58. The molecule has 2 nitrogen and oxygen atoms in total. The monoisotopic (exact) mass is 293 g/mol. The summed E-state index contributed by atoms with van der Waals surface area (Å²) in [5.41, 5.74) is 0.579. The highest BCUT2D eigenvalue weighted by molar-refractivity contribution is 5.06. The molecule has 4 bridgehead atoms. The predicted octanol–water partition coefficient (Wildman–Crippen LogP) is 4.39. The summed E-state index contributed by atoms with van der Waals surface area (Å²) in [7, 11) is 0. The Bertz CT molecular complexity index is 292. The minimum Gasteiger partial charge on any atom is -0.380 e. The van der Waals surface area contributed by atoms with Gasteiger partial charge in [-0.25, -0.2) is 0 Å². The van der Waals surface area contributed by atoms with E-state index >= 15 is 0 Å². The average molecular weight is 293 g/mol. The van der Waals surface area contributed by atoms with Gasteiger partial charge in [0.1, 0.15) is 0 Å². The van der Waals surface area contributed by atoms with Crippen molar-refractivity contribution in [2.24, 2.45) is 23.2 Å². The van der Waals surface area contributed by atoms with Crippen molar-refractivity contribution in [1.82, 2.24) is 5.32 Å². The van der Waals surface area contributed by atoms with Crippen LogP contribution in [0.1, 0.15) is 71.6 Å². The molecule has 1 atom stereocenters. The van der Waals surface area contributed by atoms with E-state index in [0.29, 0.717) is 11.5 Å². The largest absolute Gasteiger partial charge is 0.380 e. The lowest BCUT2D eigenvalue weighted by Gasteiger charge is -2.59. The highest BCUT2D eigenvalue weighted by atomic mass is 16.5. The quantitative estimate of drug-likeness (QED) is 0.637. The number of rotatable bonds is 9. The Morgan fingerprint density at radius 3 is 2.14 bits per heavy atom. The first kappa shape index (κ1) is 15.8. The number of unbranched alkanes of at least 4 members (excludes halogenated alkanes) is 1. The summed E-state index contributed by atoms with van der Waals surface area (Å²) >= 11 is 0. The standard InChI is InChI=1S/C19H35NO/c1-3-5-7-21-14-18(20-6-4-2)19-11-15-8-16(12-19)10-17(9-15)13-19/h15-18,20H,3-14H2,1-2H3. The highest BCUT2D eigenvalue weighted by Crippen LogP contribution is 2.61. The van der Waals surface area contributed by atoms with Gasteiger partial charge in [-0.3, -0.25) is 0 Å². The summed E-state index contributed by atoms with van der Waals surface area (Å²) < 4.78 is 6.06. The van der Waals surface area contributed by atoms with Gasteiger partial charge in [0.15, 0.2) is 0 Å². The zero-order valence-electron chi connectivity index (χ0n) is 14.2. The second-order valence-electron chi connectivity index (χ2n) is 8.22. The SMILES string of the molecule is CCCCOCC(NCCC)C12CC3CC(CC(C3)C1)C2. The first-order chi connectivity index (χ1) is 10.3. The second-order valence-corrected chi connectivity index (χ2v) is 8.22. The summed E-state index contributed by atoms with van der Waals surface area (Å²) in [4.78, 5) is 0. The Labute approximate surface area is 131 Å². The smallest absolute Gasteiger partial charge is 0.0625 e. The Kier molecular flexibility index (Phi) is 5.27. The van der Waals surface area contributed by atoms with E-state index in [1.165, 1.54) is 57.8 Å². The molecule has 0 aliphatic heterocycles. The maximum Gasteiger partial charge on any atom is 0.0625 e. The minimum atomic E-state index is 0.579. The number of hydrogen-bond acceptors (Lipinski definition) is 2. The molecule has 0 aromatic carbocycles. The van der Waals surface area contributed by atoms with Gasteiger partial charge in [-0.05, 0) is 81.1 Å². The number of hydrogen-bond donors (Lipinski definition) is 1. The minimum absolute atomic E-state index is 0.579. The van der Waals surface area contributed by atoms with Gasteiger partial charge in [-0.15, -0.1) is 0 Å². The molecular weight excluding hydrogens is 258 g/mol. The zero-order chi connectivity index (χ0) is 14.7. The molecule has 1 unspecified atom stereocenters. The number of nitrogens with one attached hydrogen (secondary N) is 1. The third-order valence-corrected chi connectivity index (χ3v) is 6.39. The Hall–Kier alpha value is -0.0800. The molecule has 21 heavy (non-hydrogen) atoms. The van der Waals surface area contributed by atoms with Crippen molar-refractivity contribution >= 4 is 0 Å². The van der Waals surface area contributed by atoms with Gasteiger partial charge in [0.2, 0.25) is 0 Å². The van der Waals surface area contributed by atoms with E-state index in [4.69, 9.17) is 4.74 Å². The number of ether oxygens (including phenoxy) is 1. The van der Waals surface area contributed by atoms with Gasteiger partial charge in [0.25, 0.3) is 0 Å². The molecule has 0 aromatic heterocycles. The van der Waals surface area contributed by atoms with Gasteiger partial charge >= 0.3 is 0 Å². The molecule has 0 spiro atoms. The Morgan fingerprint density at radius 2 is 1.62 bits per heavy atom. The van der Waals surface area contributed by atoms with Crippen LogP contribution in [0.25, 0.3) is 0 Å². The molecule has 0 heterocycles. The van der Waals surface area contributed by atoms with Crippen LogP contribution in [0.5, 0.6) is 0 Å². The Morgan fingerprint density at radius 1 is 1.00 bits per heavy atom. The highest BCUT2D eigenvalue weighted by Gasteiger charge is 2.53. The lowest BCUT2D eigenvalue weighted by Crippen LogP contribution is -2.57. The summed E-state index contributed by atoms with van der Waals surface area (Å²) in [6.07, 6.45) is 12.7. The molecule has 0 saturated heterocycles. The molecule has 2 heteroatoms. The maximum atomic E-state index is 6.06. The van der Waals surface area contributed by atoms with Crippen molar-refractivity contribution in [3.8, 4) is 0 Å². The molecule has 4 aliphatic carbocycles. The van der Waals surface area contributed by atoms with E-state index < -0.39 is 0 Å². The van der Waals surface area contributed by atoms with Crippen molar-refractivity contribution in [3.63, 3.8) is 0 Å². The fraction of sp³-hybridized carbons (Fsp3) is 1.00. The predicted molar refractivity (Wildman–Crippen MR) is 88.4 cm³/mol. The molecule has 0 amide bonds. The van der Waals surface area contributed by atoms with Crippen LogP contribution in [0.4, 0.5) is 0 Å². The average Bonchev–Trinajstić information content (AvgIpc) is 2.45. The zero-order valence-corrected chi connectivity index (χ0v) is 14.2. The molecule has 4 aliphatic rings. The van der Waals surface area contributed by atoms with E-state index in [2.05, 4.69) is 19.2 Å². The van der Waals surface area contributed by atoms with Crippen LogP contribution in [0.15, 0.2) is 0 Å². The molecule has 0 aromatic rings. The maximum absolute atomic E-state index is 6.06. The molecule has 4 rings (SSSR count). The molecule has 4 saturated carbocycles. The van der Waals surface area contributed by atoms with Crippen molar-refractivity contribution in [2.45, 2.75) is 77.7 Å². The van der Waals surface area contributed by atoms with E-state index in [1.54, 1.807) is 0 Å². The summed E-state index contributed by atoms with van der Waals surface area (Å²) in [6, 6.07) is 0.614. The fourth-order valence-corrected chi connectivity index (χ4v) is 5.82. The first-order valence-electron chi connectivity index (χ1n) is 9.57. The summed E-state index contributed by atoms with van der Waals surface area (Å²) in [5, 5.41) is 3.88. The fourth-order valence-electron chi connectivity index (χ4n) is 5.82. The molecule has 4 fully saturated rings. The molecule has 1 N–H and O–H groups in total. The van der Waals surface area contributed by atoms with Gasteiger partial charge in [0, 0.05) is 12.6 Å². The van der Waals surface area contributed by atoms with E-state index in [-0.39, 0.29) is 0 Å². The van der Waals surface area contributed by atoms with Gasteiger partial charge < -0.3 is 10.1 Å². The van der Waals surface area contributed by atoms with Crippen LogP contribution in [-0.4, -0.2) is 25.8 Å². The van der Waals surface area contributed by atoms with Crippen LogP contribution in [-0.2, 0) is 4.74 Å². The second kappa shape index (κ2) is 7.00. The lowest BCUT2D eigenvalue weighted by atomic mass is 9.47. The van der Waals surface area contributed by atoms with E-state index in [9.17, 15) is 0 Å². The van der Waals surface area contributed by atoms with E-state index in [0.717, 1.165) is 37.5 Å². The van der Waals surface area contributed by atoms with Crippen molar-refractivity contribution < 1.29 is 4.74 Å². The van der Waals surface area contributed by atoms with Crippen LogP contribution in [0.3, 0.4) is 0 Å². The molecular formula is C19H35NO. The van der Waals surface area contributed by atoms with Crippen LogP contribution in [0.2, 0.25) is 0 Å². The topological polar surface area (TPSA) is 21.3 Å².